The number of imidazole rings is 1. The Hall–Kier alpha value is -4.66. The summed E-state index contributed by atoms with van der Waals surface area (Å²) in [5.41, 5.74) is 10.7. The molecule has 5 rings (SSSR count). The Morgan fingerprint density at radius 2 is 1.86 bits per heavy atom. The summed E-state index contributed by atoms with van der Waals surface area (Å²) < 4.78 is 7.54. The average Bonchev–Trinajstić information content (AvgIpc) is 3.28. The third kappa shape index (κ3) is 5.45. The number of anilines is 2. The molecule has 9 heteroatoms. The van der Waals surface area contributed by atoms with Crippen molar-refractivity contribution in [1.29, 1.82) is 0 Å². The molecule has 3 heterocycles. The number of urea groups is 1. The van der Waals surface area contributed by atoms with Crippen molar-refractivity contribution in [3.63, 3.8) is 0 Å². The van der Waals surface area contributed by atoms with E-state index in [-0.39, 0.29) is 6.03 Å². The van der Waals surface area contributed by atoms with Gasteiger partial charge in [0.05, 0.1) is 30.0 Å². The summed E-state index contributed by atoms with van der Waals surface area (Å²) in [4.78, 5) is 25.7. The number of ether oxygens (including phenoxy) is 1. The molecule has 188 valence electrons. The van der Waals surface area contributed by atoms with Crippen LogP contribution in [0.3, 0.4) is 0 Å². The number of methoxy groups -OCH3 is 1. The van der Waals surface area contributed by atoms with Gasteiger partial charge in [0, 0.05) is 31.1 Å². The van der Waals surface area contributed by atoms with E-state index in [9.17, 15) is 4.79 Å². The number of hydrogen-bond acceptors (Lipinski definition) is 6. The molecule has 0 bridgehead atoms. The first kappa shape index (κ1) is 24.1. The Labute approximate surface area is 214 Å². The van der Waals surface area contributed by atoms with E-state index in [0.29, 0.717) is 24.5 Å². The zero-order valence-electron chi connectivity index (χ0n) is 20.6. The van der Waals surface area contributed by atoms with E-state index in [4.69, 9.17) is 15.5 Å². The van der Waals surface area contributed by atoms with Crippen molar-refractivity contribution in [2.45, 2.75) is 25.8 Å². The lowest BCUT2D eigenvalue weighted by atomic mass is 10.1. The van der Waals surface area contributed by atoms with Gasteiger partial charge in [-0.3, -0.25) is 4.98 Å². The van der Waals surface area contributed by atoms with Crippen molar-refractivity contribution in [1.82, 2.24) is 24.8 Å². The first-order valence-corrected chi connectivity index (χ1v) is 12.2. The van der Waals surface area contributed by atoms with Crippen LogP contribution >= 0.6 is 0 Å². The number of carbonyl (C=O) groups excluding carboxylic acids is 1. The number of nitrogens with two attached hydrogens (primary N) is 1. The van der Waals surface area contributed by atoms with Gasteiger partial charge in [0.1, 0.15) is 17.1 Å². The molecule has 0 spiro atoms. The van der Waals surface area contributed by atoms with Crippen molar-refractivity contribution in [3.05, 3.63) is 84.4 Å². The molecule has 0 aliphatic heterocycles. The Balaban J connectivity index is 1.34. The second-order valence-electron chi connectivity index (χ2n) is 8.75. The molecule has 2 aromatic carbocycles. The highest BCUT2D eigenvalue weighted by Crippen LogP contribution is 2.30. The lowest BCUT2D eigenvalue weighted by Crippen LogP contribution is -2.29. The molecule has 37 heavy (non-hydrogen) atoms. The number of nitrogens with zero attached hydrogens (tertiary/aromatic N) is 4. The van der Waals surface area contributed by atoms with Gasteiger partial charge >= 0.3 is 6.03 Å². The lowest BCUT2D eigenvalue weighted by Gasteiger charge is -2.12. The van der Waals surface area contributed by atoms with Crippen LogP contribution in [0.4, 0.5) is 16.3 Å². The van der Waals surface area contributed by atoms with Crippen LogP contribution in [-0.2, 0) is 13.0 Å². The van der Waals surface area contributed by atoms with Gasteiger partial charge < -0.3 is 25.7 Å². The van der Waals surface area contributed by atoms with E-state index in [1.54, 1.807) is 31.6 Å². The molecular formula is C28H29N7O2. The lowest BCUT2D eigenvalue weighted by molar-refractivity contribution is 0.252. The van der Waals surface area contributed by atoms with Crippen LogP contribution < -0.4 is 21.1 Å². The van der Waals surface area contributed by atoms with Crippen LogP contribution in [0.25, 0.3) is 21.9 Å². The van der Waals surface area contributed by atoms with Crippen molar-refractivity contribution < 1.29 is 9.53 Å². The van der Waals surface area contributed by atoms with Crippen LogP contribution in [0.5, 0.6) is 5.75 Å². The normalized spacial score (nSPS) is 11.1. The Kier molecular flexibility index (Phi) is 7.12. The summed E-state index contributed by atoms with van der Waals surface area (Å²) in [7, 11) is 1.66. The Bertz CT molecular complexity index is 1520. The van der Waals surface area contributed by atoms with Gasteiger partial charge in [-0.25, -0.2) is 14.8 Å². The van der Waals surface area contributed by atoms with E-state index < -0.39 is 0 Å². The molecule has 9 nitrogen and oxygen atoms in total. The molecule has 0 saturated carbocycles. The third-order valence-electron chi connectivity index (χ3n) is 6.22. The van der Waals surface area contributed by atoms with E-state index >= 15 is 0 Å². The van der Waals surface area contributed by atoms with Gasteiger partial charge in [0.2, 0.25) is 0 Å². The molecule has 0 atom stereocenters. The topological polar surface area (TPSA) is 120 Å². The minimum Gasteiger partial charge on any atom is -0.497 e. The molecule has 0 fully saturated rings. The van der Waals surface area contributed by atoms with Crippen LogP contribution in [0.15, 0.2) is 73.1 Å². The molecule has 0 aliphatic rings. The largest absolute Gasteiger partial charge is 0.497 e. The highest BCUT2D eigenvalue weighted by molar-refractivity contribution is 6.06. The van der Waals surface area contributed by atoms with Gasteiger partial charge in [-0.05, 0) is 48.7 Å². The number of aromatic nitrogens is 4. The number of hydrogen-bond donors (Lipinski definition) is 3. The van der Waals surface area contributed by atoms with E-state index in [2.05, 4.69) is 31.2 Å². The highest BCUT2D eigenvalue weighted by atomic mass is 16.5. The fourth-order valence-electron chi connectivity index (χ4n) is 4.42. The van der Waals surface area contributed by atoms with E-state index in [1.165, 1.54) is 0 Å². The number of carbonyl (C=O) groups is 1. The SMILES string of the molecule is COc1ccc(Cc2nc3c(N)nc4ccccc4c3n2CCCCNC(=O)Nc2cccnc2)cc1. The van der Waals surface area contributed by atoms with Crippen molar-refractivity contribution in [3.8, 4) is 5.75 Å². The number of amides is 2. The molecular weight excluding hydrogens is 466 g/mol. The average molecular weight is 496 g/mol. The second kappa shape index (κ2) is 10.9. The summed E-state index contributed by atoms with van der Waals surface area (Å²) in [6.07, 6.45) is 5.58. The second-order valence-corrected chi connectivity index (χ2v) is 8.75. The number of benzene rings is 2. The maximum atomic E-state index is 12.2. The summed E-state index contributed by atoms with van der Waals surface area (Å²) in [5, 5.41) is 6.71. The molecule has 0 unspecified atom stereocenters. The fourth-order valence-corrected chi connectivity index (χ4v) is 4.42. The Morgan fingerprint density at radius 1 is 1.03 bits per heavy atom. The van der Waals surface area contributed by atoms with Gasteiger partial charge in [-0.15, -0.1) is 0 Å². The number of aryl methyl sites for hydroxylation is 1. The van der Waals surface area contributed by atoms with Crippen LogP contribution in [0.1, 0.15) is 24.2 Å². The summed E-state index contributed by atoms with van der Waals surface area (Å²) in [6.45, 7) is 1.29. The van der Waals surface area contributed by atoms with Gasteiger partial charge in [-0.2, -0.15) is 0 Å². The predicted octanol–water partition coefficient (Wildman–Crippen LogP) is 4.76. The highest BCUT2D eigenvalue weighted by Gasteiger charge is 2.17. The smallest absolute Gasteiger partial charge is 0.319 e. The number of para-hydroxylation sites is 1. The van der Waals surface area contributed by atoms with E-state index in [1.807, 2.05) is 42.5 Å². The number of fused-ring (bicyclic) bond motifs is 3. The van der Waals surface area contributed by atoms with Crippen LogP contribution in [0, 0.1) is 0 Å². The number of nitrogens with one attached hydrogen (secondary N) is 2. The third-order valence-corrected chi connectivity index (χ3v) is 6.22. The van der Waals surface area contributed by atoms with Gasteiger partial charge in [0.25, 0.3) is 0 Å². The summed E-state index contributed by atoms with van der Waals surface area (Å²) >= 11 is 0. The number of nitrogen functional groups attached to an aromatic ring is 1. The van der Waals surface area contributed by atoms with Crippen LogP contribution in [0.2, 0.25) is 0 Å². The molecule has 0 saturated heterocycles. The van der Waals surface area contributed by atoms with Gasteiger partial charge in [-0.1, -0.05) is 30.3 Å². The maximum absolute atomic E-state index is 12.2. The van der Waals surface area contributed by atoms with Crippen molar-refractivity contribution in [2.24, 2.45) is 0 Å². The minimum absolute atomic E-state index is 0.244. The summed E-state index contributed by atoms with van der Waals surface area (Å²) in [6, 6.07) is 19.3. The molecule has 5 aromatic rings. The molecule has 2 amide bonds. The molecule has 4 N–H and O–H groups in total. The number of unbranched alkanes of at least 4 members (excludes halogenated alkanes) is 1. The molecule has 3 aromatic heterocycles. The van der Waals surface area contributed by atoms with E-state index in [0.717, 1.165) is 58.5 Å². The number of rotatable bonds is 9. The first-order valence-electron chi connectivity index (χ1n) is 12.2. The first-order chi connectivity index (χ1) is 18.1. The zero-order chi connectivity index (χ0) is 25.6. The number of pyridine rings is 2. The minimum atomic E-state index is -0.244. The fraction of sp³-hybridized carbons (Fsp3) is 0.214. The monoisotopic (exact) mass is 495 g/mol. The Morgan fingerprint density at radius 3 is 2.65 bits per heavy atom. The maximum Gasteiger partial charge on any atom is 0.319 e. The van der Waals surface area contributed by atoms with Gasteiger partial charge in [0.15, 0.2) is 5.82 Å². The van der Waals surface area contributed by atoms with Crippen molar-refractivity contribution in [2.75, 3.05) is 24.7 Å². The quantitative estimate of drug-likeness (QED) is 0.254. The molecule has 0 radical (unpaired) electrons. The van der Waals surface area contributed by atoms with Crippen molar-refractivity contribution >= 4 is 39.5 Å². The standard InChI is InChI=1S/C28H29N7O2/c1-37-21-12-10-19(11-13-21)17-24-34-25-26(22-8-2-3-9-23(22)33-27(25)29)35(24)16-5-4-15-31-28(36)32-20-7-6-14-30-18-20/h2-3,6-14,18H,4-5,15-17H2,1H3,(H2,29,33)(H2,31,32,36). The predicted molar refractivity (Wildman–Crippen MR) is 146 cm³/mol. The molecule has 0 aliphatic carbocycles. The van der Waals surface area contributed by atoms with Crippen LogP contribution in [-0.4, -0.2) is 39.2 Å². The zero-order valence-corrected chi connectivity index (χ0v) is 20.6. The summed E-state index contributed by atoms with van der Waals surface area (Å²) in [5.74, 6) is 2.17.